The summed E-state index contributed by atoms with van der Waals surface area (Å²) in [4.78, 5) is 4.42. The second-order valence-corrected chi connectivity index (χ2v) is 6.43. The molecule has 0 fully saturated rings. The second kappa shape index (κ2) is 11.9. The molecule has 0 atom stereocenters. The fourth-order valence-corrected chi connectivity index (χ4v) is 2.30. The van der Waals surface area contributed by atoms with Gasteiger partial charge in [0.2, 0.25) is 0 Å². The highest BCUT2D eigenvalue weighted by Gasteiger charge is 2.28. The van der Waals surface area contributed by atoms with Crippen LogP contribution in [0.1, 0.15) is 43.7 Å². The number of aliphatic imine (C=N–C) groups is 1. The van der Waals surface area contributed by atoms with E-state index in [1.54, 1.807) is 18.2 Å². The molecule has 2 N–H and O–H groups in total. The summed E-state index contributed by atoms with van der Waals surface area (Å²) < 4.78 is 47.4. The highest BCUT2D eigenvalue weighted by atomic mass is 127. The molecule has 0 radical (unpaired) electrons. The summed E-state index contributed by atoms with van der Waals surface area (Å²) in [6.45, 7) is 5.82. The van der Waals surface area contributed by atoms with E-state index in [9.17, 15) is 13.2 Å². The molecule has 0 unspecified atom stereocenters. The Morgan fingerprint density at radius 3 is 2.59 bits per heavy atom. The van der Waals surface area contributed by atoms with Gasteiger partial charge in [-0.3, -0.25) is 0 Å². The van der Waals surface area contributed by atoms with Crippen LogP contribution in [0.2, 0.25) is 0 Å². The SMILES string of the molecule is CCNC(=NCc1ccccc1OCC(F)(F)F)NCc1cc(C(C)C)no1.I. The van der Waals surface area contributed by atoms with Crippen molar-refractivity contribution in [3.63, 3.8) is 0 Å². The Bertz CT molecular complexity index is 779. The number of rotatable bonds is 8. The molecule has 0 aliphatic rings. The first-order valence-electron chi connectivity index (χ1n) is 9.03. The van der Waals surface area contributed by atoms with E-state index in [1.165, 1.54) is 6.07 Å². The van der Waals surface area contributed by atoms with Gasteiger partial charge in [-0.2, -0.15) is 13.2 Å². The molecule has 1 heterocycles. The van der Waals surface area contributed by atoms with Crippen molar-refractivity contribution in [1.29, 1.82) is 0 Å². The molecule has 29 heavy (non-hydrogen) atoms. The van der Waals surface area contributed by atoms with Gasteiger partial charge in [-0.05, 0) is 18.9 Å². The first kappa shape index (κ1) is 25.1. The van der Waals surface area contributed by atoms with Gasteiger partial charge in [0.15, 0.2) is 18.3 Å². The number of nitrogens with zero attached hydrogens (tertiary/aromatic N) is 2. The fraction of sp³-hybridized carbons (Fsp3) is 0.474. The average Bonchev–Trinajstić information content (AvgIpc) is 3.12. The van der Waals surface area contributed by atoms with Crippen LogP contribution in [0.4, 0.5) is 13.2 Å². The number of guanidine groups is 1. The monoisotopic (exact) mass is 526 g/mol. The minimum atomic E-state index is -4.39. The summed E-state index contributed by atoms with van der Waals surface area (Å²) in [7, 11) is 0. The Morgan fingerprint density at radius 2 is 1.97 bits per heavy atom. The van der Waals surface area contributed by atoms with E-state index < -0.39 is 12.8 Å². The fourth-order valence-electron chi connectivity index (χ4n) is 2.30. The molecule has 0 spiro atoms. The van der Waals surface area contributed by atoms with Crippen molar-refractivity contribution < 1.29 is 22.4 Å². The number of hydrogen-bond donors (Lipinski definition) is 2. The first-order chi connectivity index (χ1) is 13.3. The van der Waals surface area contributed by atoms with Crippen molar-refractivity contribution >= 4 is 29.9 Å². The molecule has 0 bridgehead atoms. The van der Waals surface area contributed by atoms with E-state index in [2.05, 4.69) is 20.8 Å². The molecular weight excluding hydrogens is 500 g/mol. The van der Waals surface area contributed by atoms with E-state index in [-0.39, 0.29) is 42.2 Å². The zero-order valence-electron chi connectivity index (χ0n) is 16.5. The standard InChI is InChI=1S/C19H25F3N4O2.HI/c1-4-23-18(25-11-15-9-16(13(2)3)26-28-15)24-10-14-7-5-6-8-17(14)27-12-19(20,21)22;/h5-9,13H,4,10-12H2,1-3H3,(H2,23,24,25);1H. The molecule has 162 valence electrons. The molecule has 1 aromatic carbocycles. The number of aromatic nitrogens is 1. The van der Waals surface area contributed by atoms with Crippen LogP contribution < -0.4 is 15.4 Å². The van der Waals surface area contributed by atoms with Gasteiger partial charge in [0, 0.05) is 18.2 Å². The van der Waals surface area contributed by atoms with E-state index >= 15 is 0 Å². The minimum Gasteiger partial charge on any atom is -0.484 e. The van der Waals surface area contributed by atoms with Crippen molar-refractivity contribution in [2.75, 3.05) is 13.2 Å². The number of alkyl halides is 3. The smallest absolute Gasteiger partial charge is 0.422 e. The topological polar surface area (TPSA) is 71.7 Å². The summed E-state index contributed by atoms with van der Waals surface area (Å²) in [5.74, 6) is 1.61. The highest BCUT2D eigenvalue weighted by Crippen LogP contribution is 2.22. The van der Waals surface area contributed by atoms with Gasteiger partial charge in [-0.1, -0.05) is 37.2 Å². The average molecular weight is 526 g/mol. The first-order valence-corrected chi connectivity index (χ1v) is 9.03. The lowest BCUT2D eigenvalue weighted by molar-refractivity contribution is -0.153. The largest absolute Gasteiger partial charge is 0.484 e. The third-order valence-electron chi connectivity index (χ3n) is 3.71. The number of benzene rings is 1. The normalized spacial score (nSPS) is 11.9. The maximum atomic E-state index is 12.4. The number of nitrogens with one attached hydrogen (secondary N) is 2. The lowest BCUT2D eigenvalue weighted by atomic mass is 10.1. The van der Waals surface area contributed by atoms with Crippen LogP contribution in [0, 0.1) is 0 Å². The van der Waals surface area contributed by atoms with Gasteiger partial charge in [0.25, 0.3) is 0 Å². The third-order valence-corrected chi connectivity index (χ3v) is 3.71. The number of ether oxygens (including phenoxy) is 1. The van der Waals surface area contributed by atoms with Gasteiger partial charge in [-0.15, -0.1) is 24.0 Å². The Balaban J connectivity index is 0.00000420. The van der Waals surface area contributed by atoms with E-state index in [1.807, 2.05) is 26.8 Å². The highest BCUT2D eigenvalue weighted by molar-refractivity contribution is 14.0. The van der Waals surface area contributed by atoms with Gasteiger partial charge in [0.1, 0.15) is 5.75 Å². The number of para-hydroxylation sites is 1. The van der Waals surface area contributed by atoms with Gasteiger partial charge in [0.05, 0.1) is 18.8 Å². The van der Waals surface area contributed by atoms with Gasteiger partial charge >= 0.3 is 6.18 Å². The van der Waals surface area contributed by atoms with Crippen molar-refractivity contribution in [2.24, 2.45) is 4.99 Å². The molecule has 0 saturated heterocycles. The van der Waals surface area contributed by atoms with E-state index in [4.69, 9.17) is 9.26 Å². The summed E-state index contributed by atoms with van der Waals surface area (Å²) in [5.41, 5.74) is 1.43. The van der Waals surface area contributed by atoms with Crippen molar-refractivity contribution in [1.82, 2.24) is 15.8 Å². The van der Waals surface area contributed by atoms with Crippen LogP contribution in [0.5, 0.6) is 5.75 Å². The summed E-state index contributed by atoms with van der Waals surface area (Å²) in [6, 6.07) is 8.41. The lowest BCUT2D eigenvalue weighted by Crippen LogP contribution is -2.36. The zero-order valence-corrected chi connectivity index (χ0v) is 18.9. The molecule has 2 aromatic rings. The summed E-state index contributed by atoms with van der Waals surface area (Å²) in [5, 5.41) is 10.2. The maximum Gasteiger partial charge on any atom is 0.422 e. The molecule has 0 amide bonds. The molecule has 0 aliphatic carbocycles. The molecule has 1 aromatic heterocycles. The molecular formula is C19H26F3IN4O2. The summed E-state index contributed by atoms with van der Waals surface area (Å²) >= 11 is 0. The third kappa shape index (κ3) is 8.92. The van der Waals surface area contributed by atoms with Crippen LogP contribution in [0.3, 0.4) is 0 Å². The van der Waals surface area contributed by atoms with Crippen LogP contribution in [0.25, 0.3) is 0 Å². The van der Waals surface area contributed by atoms with Crippen molar-refractivity contribution in [2.45, 2.75) is 46.0 Å². The van der Waals surface area contributed by atoms with Crippen LogP contribution in [-0.2, 0) is 13.1 Å². The van der Waals surface area contributed by atoms with Crippen LogP contribution in [0.15, 0.2) is 39.8 Å². The Kier molecular flexibility index (Phi) is 10.3. The van der Waals surface area contributed by atoms with Crippen molar-refractivity contribution in [3.8, 4) is 5.75 Å². The number of halogens is 4. The van der Waals surface area contributed by atoms with Crippen molar-refractivity contribution in [3.05, 3.63) is 47.3 Å². The molecule has 6 nitrogen and oxygen atoms in total. The second-order valence-electron chi connectivity index (χ2n) is 6.43. The molecule has 2 rings (SSSR count). The number of hydrogen-bond acceptors (Lipinski definition) is 4. The maximum absolute atomic E-state index is 12.4. The quantitative estimate of drug-likeness (QED) is 0.299. The van der Waals surface area contributed by atoms with Gasteiger partial charge in [-0.25, -0.2) is 4.99 Å². The van der Waals surface area contributed by atoms with Gasteiger partial charge < -0.3 is 19.9 Å². The predicted octanol–water partition coefficient (Wildman–Crippen LogP) is 4.61. The Labute approximate surface area is 185 Å². The molecule has 10 heteroatoms. The zero-order chi connectivity index (χ0) is 20.6. The van der Waals surface area contributed by atoms with E-state index in [0.717, 1.165) is 5.69 Å². The molecule has 0 saturated carbocycles. The summed E-state index contributed by atoms with van der Waals surface area (Å²) in [6.07, 6.45) is -4.39. The minimum absolute atomic E-state index is 0. The Morgan fingerprint density at radius 1 is 1.24 bits per heavy atom. The Hall–Kier alpha value is -1.98. The molecule has 0 aliphatic heterocycles. The van der Waals surface area contributed by atoms with Crippen LogP contribution in [-0.4, -0.2) is 30.4 Å². The van der Waals surface area contributed by atoms with E-state index in [0.29, 0.717) is 30.4 Å². The van der Waals surface area contributed by atoms with Crippen LogP contribution >= 0.6 is 24.0 Å². The predicted molar refractivity (Wildman–Crippen MR) is 116 cm³/mol. The lowest BCUT2D eigenvalue weighted by Gasteiger charge is -2.13.